The van der Waals surface area contributed by atoms with Crippen LogP contribution >= 0.6 is 0 Å². The number of rotatable bonds is 6. The molecule has 0 amide bonds. The number of nitrogens with zero attached hydrogens (tertiary/aromatic N) is 3. The first-order valence-electron chi connectivity index (χ1n) is 7.13. The Kier molecular flexibility index (Phi) is 5.03. The van der Waals surface area contributed by atoms with Gasteiger partial charge in [0.15, 0.2) is 0 Å². The van der Waals surface area contributed by atoms with Crippen molar-refractivity contribution < 1.29 is 18.3 Å². The molecule has 1 aromatic heterocycles. The summed E-state index contributed by atoms with van der Waals surface area (Å²) in [7, 11) is -0.416. The second-order valence-corrected chi connectivity index (χ2v) is 6.90. The molecule has 1 aromatic carbocycles. The third kappa shape index (κ3) is 3.80. The zero-order valence-electron chi connectivity index (χ0n) is 13.5. The molecule has 0 spiro atoms. The van der Waals surface area contributed by atoms with Crippen molar-refractivity contribution in [3.63, 3.8) is 0 Å². The second-order valence-electron chi connectivity index (χ2n) is 5.25. The predicted octanol–water partition coefficient (Wildman–Crippen LogP) is 1.60. The summed E-state index contributed by atoms with van der Waals surface area (Å²) in [5, 5.41) is 9.07. The van der Waals surface area contributed by atoms with E-state index in [0.717, 1.165) is 6.07 Å². The van der Waals surface area contributed by atoms with Crippen molar-refractivity contribution in [1.82, 2.24) is 9.97 Å². The van der Waals surface area contributed by atoms with Crippen molar-refractivity contribution in [3.05, 3.63) is 41.7 Å². The maximum Gasteiger partial charge on any atom is 0.335 e. The second kappa shape index (κ2) is 6.83. The first kappa shape index (κ1) is 17.7. The van der Waals surface area contributed by atoms with E-state index < -0.39 is 16.0 Å². The minimum Gasteiger partial charge on any atom is -0.478 e. The lowest BCUT2D eigenvalue weighted by Gasteiger charge is -2.13. The number of sulfonamides is 1. The van der Waals surface area contributed by atoms with Gasteiger partial charge in [-0.05, 0) is 24.1 Å². The highest BCUT2D eigenvalue weighted by atomic mass is 32.2. The zero-order valence-corrected chi connectivity index (χ0v) is 14.3. The first-order valence-corrected chi connectivity index (χ1v) is 8.61. The number of carboxylic acids is 1. The molecule has 0 bridgehead atoms. The summed E-state index contributed by atoms with van der Waals surface area (Å²) < 4.78 is 27.6. The number of anilines is 2. The van der Waals surface area contributed by atoms with Gasteiger partial charge in [0.1, 0.15) is 0 Å². The third-order valence-electron chi connectivity index (χ3n) is 3.27. The van der Waals surface area contributed by atoms with Crippen LogP contribution in [0.25, 0.3) is 0 Å². The number of hydrogen-bond donors (Lipinski definition) is 2. The summed E-state index contributed by atoms with van der Waals surface area (Å²) >= 11 is 0. The van der Waals surface area contributed by atoms with E-state index in [9.17, 15) is 13.2 Å². The van der Waals surface area contributed by atoms with E-state index in [2.05, 4.69) is 14.7 Å². The van der Waals surface area contributed by atoms with Gasteiger partial charge in [-0.25, -0.2) is 23.2 Å². The molecule has 0 saturated heterocycles. The Morgan fingerprint density at radius 1 is 1.25 bits per heavy atom. The molecule has 8 nitrogen and oxygen atoms in total. The zero-order chi connectivity index (χ0) is 17.9. The fourth-order valence-electron chi connectivity index (χ4n) is 2.04. The third-order valence-corrected chi connectivity index (χ3v) is 4.74. The summed E-state index contributed by atoms with van der Waals surface area (Å²) in [5.74, 6) is -0.743. The molecule has 2 aromatic rings. The molecule has 1 heterocycles. The van der Waals surface area contributed by atoms with Gasteiger partial charge in [0.05, 0.1) is 28.5 Å². The molecule has 0 atom stereocenters. The average molecular weight is 350 g/mol. The predicted molar refractivity (Wildman–Crippen MR) is 89.9 cm³/mol. The molecule has 0 fully saturated rings. The van der Waals surface area contributed by atoms with E-state index in [1.165, 1.54) is 24.5 Å². The highest BCUT2D eigenvalue weighted by Crippen LogP contribution is 2.22. The minimum atomic E-state index is -3.95. The van der Waals surface area contributed by atoms with Crippen LogP contribution in [0.2, 0.25) is 0 Å². The van der Waals surface area contributed by atoms with Crippen LogP contribution in [0, 0.1) is 0 Å². The monoisotopic (exact) mass is 350 g/mol. The van der Waals surface area contributed by atoms with Crippen LogP contribution in [0.5, 0.6) is 0 Å². The maximum atomic E-state index is 12.6. The van der Waals surface area contributed by atoms with Crippen molar-refractivity contribution in [2.45, 2.75) is 18.2 Å². The van der Waals surface area contributed by atoms with Gasteiger partial charge in [0.25, 0.3) is 10.0 Å². The van der Waals surface area contributed by atoms with E-state index in [4.69, 9.17) is 5.11 Å². The highest BCUT2D eigenvalue weighted by Gasteiger charge is 2.20. The fourth-order valence-corrected chi connectivity index (χ4v) is 3.41. The van der Waals surface area contributed by atoms with E-state index in [0.29, 0.717) is 17.9 Å². The van der Waals surface area contributed by atoms with Crippen LogP contribution < -0.4 is 9.62 Å². The van der Waals surface area contributed by atoms with E-state index in [1.807, 2.05) is 0 Å². The summed E-state index contributed by atoms with van der Waals surface area (Å²) in [6, 6.07) is 4.04. The Hall–Kier alpha value is -2.68. The van der Waals surface area contributed by atoms with Gasteiger partial charge >= 0.3 is 5.97 Å². The number of nitrogens with one attached hydrogen (secondary N) is 1. The number of carbonyl (C=O) groups is 1. The Morgan fingerprint density at radius 3 is 2.38 bits per heavy atom. The molecule has 0 aliphatic rings. The molecule has 0 unspecified atom stereocenters. The van der Waals surface area contributed by atoms with Crippen LogP contribution in [-0.2, 0) is 16.4 Å². The van der Waals surface area contributed by atoms with Crippen LogP contribution in [0.3, 0.4) is 0 Å². The molecule has 0 aliphatic carbocycles. The number of hydrogen-bond acceptors (Lipinski definition) is 6. The standard InChI is InChI=1S/C15H18N4O4S/c1-4-10-5-6-11(14(20)21)7-13(10)24(22,23)18-12-8-16-15(17-9-12)19(2)3/h5-9,18H,4H2,1-3H3,(H,20,21). The molecule has 0 radical (unpaired) electrons. The average Bonchev–Trinajstić information content (AvgIpc) is 2.54. The lowest BCUT2D eigenvalue weighted by atomic mass is 10.1. The molecule has 2 rings (SSSR count). The van der Waals surface area contributed by atoms with Gasteiger partial charge in [0, 0.05) is 14.1 Å². The van der Waals surface area contributed by atoms with Crippen LogP contribution in [-0.4, -0.2) is 43.6 Å². The maximum absolute atomic E-state index is 12.6. The summed E-state index contributed by atoms with van der Waals surface area (Å²) in [4.78, 5) is 20.8. The van der Waals surface area contributed by atoms with Crippen molar-refractivity contribution >= 4 is 27.6 Å². The number of aromatic nitrogens is 2. The van der Waals surface area contributed by atoms with Crippen molar-refractivity contribution in [1.29, 1.82) is 0 Å². The number of aromatic carboxylic acids is 1. The van der Waals surface area contributed by atoms with Crippen LogP contribution in [0.1, 0.15) is 22.8 Å². The quantitative estimate of drug-likeness (QED) is 0.813. The Balaban J connectivity index is 2.39. The smallest absolute Gasteiger partial charge is 0.335 e. The van der Waals surface area contributed by atoms with Crippen LogP contribution in [0.15, 0.2) is 35.5 Å². The van der Waals surface area contributed by atoms with E-state index in [1.54, 1.807) is 25.9 Å². The molecule has 0 aliphatic heterocycles. The van der Waals surface area contributed by atoms with Gasteiger partial charge in [-0.1, -0.05) is 13.0 Å². The topological polar surface area (TPSA) is 112 Å². The first-order chi connectivity index (χ1) is 11.2. The lowest BCUT2D eigenvalue weighted by molar-refractivity contribution is 0.0696. The largest absolute Gasteiger partial charge is 0.478 e. The molecule has 128 valence electrons. The van der Waals surface area contributed by atoms with E-state index in [-0.39, 0.29) is 16.1 Å². The van der Waals surface area contributed by atoms with Crippen molar-refractivity contribution in [3.8, 4) is 0 Å². The number of carboxylic acid groups (broad SMARTS) is 1. The molecule has 2 N–H and O–H groups in total. The molecule has 9 heteroatoms. The molecule has 24 heavy (non-hydrogen) atoms. The lowest BCUT2D eigenvalue weighted by Crippen LogP contribution is -2.17. The van der Waals surface area contributed by atoms with Crippen molar-refractivity contribution in [2.75, 3.05) is 23.7 Å². The van der Waals surface area contributed by atoms with E-state index >= 15 is 0 Å². The number of aryl methyl sites for hydroxylation is 1. The summed E-state index contributed by atoms with van der Waals surface area (Å²) in [6.07, 6.45) is 3.16. The Bertz CT molecular complexity index is 848. The van der Waals surface area contributed by atoms with Gasteiger partial charge in [-0.2, -0.15) is 0 Å². The van der Waals surface area contributed by atoms with Crippen molar-refractivity contribution in [2.24, 2.45) is 0 Å². The molecular formula is C15H18N4O4S. The Morgan fingerprint density at radius 2 is 1.88 bits per heavy atom. The molecule has 0 saturated carbocycles. The Labute approximate surface area is 140 Å². The van der Waals surface area contributed by atoms with Crippen LogP contribution in [0.4, 0.5) is 11.6 Å². The summed E-state index contributed by atoms with van der Waals surface area (Å²) in [5.41, 5.74) is 0.633. The molecular weight excluding hydrogens is 332 g/mol. The normalized spacial score (nSPS) is 11.1. The van der Waals surface area contributed by atoms with Gasteiger partial charge in [0.2, 0.25) is 5.95 Å². The minimum absolute atomic E-state index is 0.0680. The van der Waals surface area contributed by atoms with Gasteiger partial charge in [-0.15, -0.1) is 0 Å². The highest BCUT2D eigenvalue weighted by molar-refractivity contribution is 7.92. The van der Waals surface area contributed by atoms with Gasteiger partial charge < -0.3 is 10.0 Å². The summed E-state index contributed by atoms with van der Waals surface area (Å²) in [6.45, 7) is 1.80. The number of benzene rings is 1. The van der Waals surface area contributed by atoms with Gasteiger partial charge in [-0.3, -0.25) is 4.72 Å². The SMILES string of the molecule is CCc1ccc(C(=O)O)cc1S(=O)(=O)Nc1cnc(N(C)C)nc1. The fraction of sp³-hybridized carbons (Fsp3) is 0.267.